The van der Waals surface area contributed by atoms with E-state index in [0.717, 1.165) is 12.0 Å². The Morgan fingerprint density at radius 1 is 1.13 bits per heavy atom. The van der Waals surface area contributed by atoms with Crippen LogP contribution >= 0.6 is 11.8 Å². The van der Waals surface area contributed by atoms with Gasteiger partial charge in [-0.25, -0.2) is 9.59 Å². The lowest BCUT2D eigenvalue weighted by Gasteiger charge is -2.05. The molecule has 0 aliphatic rings. The van der Waals surface area contributed by atoms with Crippen LogP contribution in [0.25, 0.3) is 0 Å². The molecule has 0 atom stereocenters. The van der Waals surface area contributed by atoms with Crippen molar-refractivity contribution in [3.05, 3.63) is 63.7 Å². The third kappa shape index (κ3) is 3.86. The molecule has 1 N–H and O–H groups in total. The maximum atomic E-state index is 11.7. The van der Waals surface area contributed by atoms with Crippen LogP contribution in [0.2, 0.25) is 0 Å². The zero-order valence-corrected chi connectivity index (χ0v) is 12.7. The molecule has 0 bridgehead atoms. The van der Waals surface area contributed by atoms with Crippen molar-refractivity contribution in [3.8, 4) is 0 Å². The minimum absolute atomic E-state index is 0.135. The topological polar surface area (TPSA) is 107 Å². The number of carboxylic acids is 1. The molecule has 2 rings (SSSR count). The molecule has 0 heterocycles. The lowest BCUT2D eigenvalue weighted by molar-refractivity contribution is -0.385. The molecule has 8 heteroatoms. The number of rotatable bonds is 5. The number of esters is 1. The highest BCUT2D eigenvalue weighted by Gasteiger charge is 2.21. The van der Waals surface area contributed by atoms with E-state index in [-0.39, 0.29) is 16.8 Å². The van der Waals surface area contributed by atoms with E-state index in [1.165, 1.54) is 42.1 Å². The number of hydrogen-bond donors (Lipinski definition) is 1. The molecule has 0 aliphatic heterocycles. The molecule has 2 aromatic rings. The smallest absolute Gasteiger partial charge is 0.344 e. The normalized spacial score (nSPS) is 10.1. The van der Waals surface area contributed by atoms with E-state index in [1.807, 2.05) is 0 Å². The van der Waals surface area contributed by atoms with Gasteiger partial charge in [-0.05, 0) is 36.4 Å². The number of nitro benzene ring substituents is 1. The second kappa shape index (κ2) is 6.93. The van der Waals surface area contributed by atoms with Gasteiger partial charge in [0.15, 0.2) is 0 Å². The van der Waals surface area contributed by atoms with Crippen molar-refractivity contribution < 1.29 is 24.4 Å². The lowest BCUT2D eigenvalue weighted by Crippen LogP contribution is -2.05. The second-order valence-electron chi connectivity index (χ2n) is 4.36. The van der Waals surface area contributed by atoms with Crippen molar-refractivity contribution in [2.24, 2.45) is 0 Å². The fourth-order valence-electron chi connectivity index (χ4n) is 1.81. The minimum Gasteiger partial charge on any atom is -0.478 e. The summed E-state index contributed by atoms with van der Waals surface area (Å²) in [6.45, 7) is 0. The van der Waals surface area contributed by atoms with Gasteiger partial charge in [0.25, 0.3) is 5.69 Å². The van der Waals surface area contributed by atoms with Crippen LogP contribution in [-0.4, -0.2) is 29.1 Å². The molecule has 0 saturated carbocycles. The monoisotopic (exact) mass is 333 g/mol. The van der Waals surface area contributed by atoms with E-state index in [4.69, 9.17) is 5.11 Å². The largest absolute Gasteiger partial charge is 0.478 e. The van der Waals surface area contributed by atoms with Crippen molar-refractivity contribution in [3.63, 3.8) is 0 Å². The molecule has 0 unspecified atom stereocenters. The summed E-state index contributed by atoms with van der Waals surface area (Å²) in [4.78, 5) is 34.1. The van der Waals surface area contributed by atoms with Crippen LogP contribution < -0.4 is 0 Å². The SMILES string of the molecule is COC(=O)c1cc(Sc2ccc(C(=O)O)cc2)ccc1[N+](=O)[O-]. The molecule has 0 radical (unpaired) electrons. The number of nitrogens with zero attached hydrogens (tertiary/aromatic N) is 1. The summed E-state index contributed by atoms with van der Waals surface area (Å²) in [6, 6.07) is 10.3. The molecule has 7 nitrogen and oxygen atoms in total. The highest BCUT2D eigenvalue weighted by Crippen LogP contribution is 2.31. The van der Waals surface area contributed by atoms with Gasteiger partial charge in [0, 0.05) is 15.9 Å². The first-order valence-corrected chi connectivity index (χ1v) is 7.12. The van der Waals surface area contributed by atoms with Crippen LogP contribution in [0.15, 0.2) is 52.3 Å². The maximum Gasteiger partial charge on any atom is 0.344 e. The van der Waals surface area contributed by atoms with E-state index < -0.39 is 16.9 Å². The number of benzene rings is 2. The fraction of sp³-hybridized carbons (Fsp3) is 0.0667. The van der Waals surface area contributed by atoms with E-state index in [2.05, 4.69) is 4.74 Å². The molecule has 118 valence electrons. The molecule has 2 aromatic carbocycles. The van der Waals surface area contributed by atoms with Crippen LogP contribution in [0.5, 0.6) is 0 Å². The summed E-state index contributed by atoms with van der Waals surface area (Å²) >= 11 is 1.25. The number of methoxy groups -OCH3 is 1. The first-order valence-electron chi connectivity index (χ1n) is 6.30. The summed E-state index contributed by atoms with van der Waals surface area (Å²) in [5.41, 5.74) is -0.305. The molecular formula is C15H11NO6S. The van der Waals surface area contributed by atoms with Crippen molar-refractivity contribution in [1.82, 2.24) is 0 Å². The summed E-state index contributed by atoms with van der Waals surface area (Å²) in [7, 11) is 1.15. The maximum absolute atomic E-state index is 11.7. The van der Waals surface area contributed by atoms with Crippen molar-refractivity contribution in [2.75, 3.05) is 7.11 Å². The van der Waals surface area contributed by atoms with Gasteiger partial charge in [0.2, 0.25) is 0 Å². The third-order valence-electron chi connectivity index (χ3n) is 2.91. The Hall–Kier alpha value is -2.87. The highest BCUT2D eigenvalue weighted by atomic mass is 32.2. The van der Waals surface area contributed by atoms with Gasteiger partial charge >= 0.3 is 11.9 Å². The van der Waals surface area contributed by atoms with Crippen molar-refractivity contribution in [1.29, 1.82) is 0 Å². The molecular weight excluding hydrogens is 322 g/mol. The summed E-state index contributed by atoms with van der Waals surface area (Å²) < 4.78 is 4.56. The Kier molecular flexibility index (Phi) is 4.97. The number of carbonyl (C=O) groups is 2. The lowest BCUT2D eigenvalue weighted by atomic mass is 10.2. The Morgan fingerprint density at radius 3 is 2.26 bits per heavy atom. The van der Waals surface area contributed by atoms with Crippen LogP contribution in [0, 0.1) is 10.1 Å². The molecule has 0 amide bonds. The number of ether oxygens (including phenoxy) is 1. The van der Waals surface area contributed by atoms with E-state index >= 15 is 0 Å². The molecule has 0 aromatic heterocycles. The van der Waals surface area contributed by atoms with Gasteiger partial charge in [0.05, 0.1) is 17.6 Å². The number of nitro groups is 1. The van der Waals surface area contributed by atoms with Crippen molar-refractivity contribution >= 4 is 29.4 Å². The predicted molar refractivity (Wildman–Crippen MR) is 82.0 cm³/mol. The van der Waals surface area contributed by atoms with Crippen LogP contribution in [0.4, 0.5) is 5.69 Å². The zero-order chi connectivity index (χ0) is 17.0. The fourth-order valence-corrected chi connectivity index (χ4v) is 2.67. The predicted octanol–water partition coefficient (Wildman–Crippen LogP) is 3.23. The number of aromatic carboxylic acids is 1. The van der Waals surface area contributed by atoms with Gasteiger partial charge in [-0.1, -0.05) is 11.8 Å². The molecule has 0 saturated heterocycles. The number of carboxylic acid groups (broad SMARTS) is 1. The first-order chi connectivity index (χ1) is 10.9. The second-order valence-corrected chi connectivity index (χ2v) is 5.51. The number of carbonyl (C=O) groups excluding carboxylic acids is 1. The summed E-state index contributed by atoms with van der Waals surface area (Å²) in [5.74, 6) is -1.81. The zero-order valence-electron chi connectivity index (χ0n) is 11.9. The standard InChI is InChI=1S/C15H11NO6S/c1-22-15(19)12-8-11(6-7-13(12)16(20)21)23-10-4-2-9(3-5-10)14(17)18/h2-8H,1H3,(H,17,18). The number of hydrogen-bond acceptors (Lipinski definition) is 6. The van der Waals surface area contributed by atoms with Gasteiger partial charge in [-0.3, -0.25) is 10.1 Å². The average molecular weight is 333 g/mol. The van der Waals surface area contributed by atoms with E-state index in [1.54, 1.807) is 12.1 Å². The van der Waals surface area contributed by atoms with Gasteiger partial charge < -0.3 is 9.84 Å². The third-order valence-corrected chi connectivity index (χ3v) is 3.90. The van der Waals surface area contributed by atoms with E-state index in [9.17, 15) is 19.7 Å². The van der Waals surface area contributed by atoms with Gasteiger partial charge in [-0.2, -0.15) is 0 Å². The van der Waals surface area contributed by atoms with Crippen molar-refractivity contribution in [2.45, 2.75) is 9.79 Å². The average Bonchev–Trinajstić information content (AvgIpc) is 2.54. The van der Waals surface area contributed by atoms with Crippen LogP contribution in [0.1, 0.15) is 20.7 Å². The Morgan fingerprint density at radius 2 is 1.74 bits per heavy atom. The minimum atomic E-state index is -1.02. The highest BCUT2D eigenvalue weighted by molar-refractivity contribution is 7.99. The Labute approximate surface area is 135 Å². The molecule has 23 heavy (non-hydrogen) atoms. The summed E-state index contributed by atoms with van der Waals surface area (Å²) in [6.07, 6.45) is 0. The first kappa shape index (κ1) is 16.5. The van der Waals surface area contributed by atoms with E-state index in [0.29, 0.717) is 4.90 Å². The quantitative estimate of drug-likeness (QED) is 0.508. The molecule has 0 spiro atoms. The molecule has 0 aliphatic carbocycles. The Balaban J connectivity index is 2.31. The van der Waals surface area contributed by atoms with Crippen LogP contribution in [-0.2, 0) is 4.74 Å². The Bertz CT molecular complexity index is 772. The van der Waals surface area contributed by atoms with Gasteiger partial charge in [0.1, 0.15) is 5.56 Å². The molecule has 0 fully saturated rings. The summed E-state index contributed by atoms with van der Waals surface area (Å²) in [5, 5.41) is 19.8. The van der Waals surface area contributed by atoms with Gasteiger partial charge in [-0.15, -0.1) is 0 Å². The van der Waals surface area contributed by atoms with Crippen LogP contribution in [0.3, 0.4) is 0 Å².